The standard InChI is InChI=1S/C18H22N2O2S/c1-2-6-19-18(5-1)22-13-14-10-16-17(11-14)21-8-7-20(16)12-15-4-3-9-23-15/h1-6,9,14,16-17H,7-8,10-13H2/t14-,16-,17-/m0/s1. The highest BCUT2D eigenvalue weighted by atomic mass is 32.1. The van der Waals surface area contributed by atoms with E-state index in [9.17, 15) is 0 Å². The number of ether oxygens (including phenoxy) is 2. The molecule has 2 fully saturated rings. The van der Waals surface area contributed by atoms with Crippen LogP contribution in [0.1, 0.15) is 17.7 Å². The Balaban J connectivity index is 1.35. The van der Waals surface area contributed by atoms with Crippen LogP contribution in [0.25, 0.3) is 0 Å². The van der Waals surface area contributed by atoms with E-state index >= 15 is 0 Å². The topological polar surface area (TPSA) is 34.6 Å². The van der Waals surface area contributed by atoms with Crippen LogP contribution in [-0.2, 0) is 11.3 Å². The van der Waals surface area contributed by atoms with Crippen LogP contribution in [0.4, 0.5) is 0 Å². The first-order valence-electron chi connectivity index (χ1n) is 8.30. The lowest BCUT2D eigenvalue weighted by molar-refractivity contribution is -0.0587. The molecule has 0 spiro atoms. The largest absolute Gasteiger partial charge is 0.477 e. The first-order valence-corrected chi connectivity index (χ1v) is 9.18. The Bertz CT molecular complexity index is 605. The number of fused-ring (bicyclic) bond motifs is 1. The second-order valence-electron chi connectivity index (χ2n) is 6.34. The summed E-state index contributed by atoms with van der Waals surface area (Å²) in [6.45, 7) is 3.67. The maximum absolute atomic E-state index is 6.02. The van der Waals surface area contributed by atoms with E-state index in [-0.39, 0.29) is 0 Å². The number of aromatic nitrogens is 1. The lowest BCUT2D eigenvalue weighted by atomic mass is 10.1. The first kappa shape index (κ1) is 15.1. The van der Waals surface area contributed by atoms with E-state index in [1.165, 1.54) is 4.88 Å². The molecule has 0 unspecified atom stereocenters. The normalized spacial score (nSPS) is 27.7. The first-order chi connectivity index (χ1) is 11.4. The zero-order valence-electron chi connectivity index (χ0n) is 13.1. The molecule has 0 aromatic carbocycles. The van der Waals surface area contributed by atoms with E-state index in [1.54, 1.807) is 6.20 Å². The quantitative estimate of drug-likeness (QED) is 0.843. The molecule has 2 aromatic heterocycles. The molecular formula is C18H22N2O2S. The van der Waals surface area contributed by atoms with E-state index in [0.717, 1.165) is 45.0 Å². The summed E-state index contributed by atoms with van der Waals surface area (Å²) in [6.07, 6.45) is 4.39. The fourth-order valence-electron chi connectivity index (χ4n) is 3.70. The highest BCUT2D eigenvalue weighted by Gasteiger charge is 2.41. The number of morpholine rings is 1. The SMILES string of the molecule is c1ccc(OC[C@@H]2C[C@@H]3OCCN(Cc4cccs4)[C@H]3C2)nc1. The minimum absolute atomic E-state index is 0.362. The van der Waals surface area contributed by atoms with Gasteiger partial charge in [-0.15, -0.1) is 11.3 Å². The Morgan fingerprint density at radius 1 is 1.26 bits per heavy atom. The average Bonchev–Trinajstić information content (AvgIpc) is 3.23. The Hall–Kier alpha value is -1.43. The lowest BCUT2D eigenvalue weighted by Gasteiger charge is -2.37. The van der Waals surface area contributed by atoms with Gasteiger partial charge in [0.1, 0.15) is 0 Å². The van der Waals surface area contributed by atoms with Crippen molar-refractivity contribution in [2.24, 2.45) is 5.92 Å². The summed E-state index contributed by atoms with van der Waals surface area (Å²) in [5.41, 5.74) is 0. The predicted octanol–water partition coefficient (Wildman–Crippen LogP) is 3.20. The number of rotatable bonds is 5. The molecule has 4 rings (SSSR count). The third-order valence-electron chi connectivity index (χ3n) is 4.79. The number of hydrogen-bond donors (Lipinski definition) is 0. The van der Waals surface area contributed by atoms with Crippen molar-refractivity contribution in [1.29, 1.82) is 0 Å². The fraction of sp³-hybridized carbons (Fsp3) is 0.500. The van der Waals surface area contributed by atoms with E-state index in [1.807, 2.05) is 29.5 Å². The van der Waals surface area contributed by atoms with Crippen LogP contribution in [0.2, 0.25) is 0 Å². The Morgan fingerprint density at radius 2 is 2.26 bits per heavy atom. The molecule has 5 heteroatoms. The molecule has 1 aliphatic carbocycles. The number of hydrogen-bond acceptors (Lipinski definition) is 5. The van der Waals surface area contributed by atoms with Gasteiger partial charge in [-0.25, -0.2) is 4.98 Å². The van der Waals surface area contributed by atoms with Crippen molar-refractivity contribution in [3.63, 3.8) is 0 Å². The van der Waals surface area contributed by atoms with Crippen molar-refractivity contribution in [3.05, 3.63) is 46.8 Å². The third kappa shape index (κ3) is 3.57. The molecular weight excluding hydrogens is 308 g/mol. The molecule has 23 heavy (non-hydrogen) atoms. The summed E-state index contributed by atoms with van der Waals surface area (Å²) >= 11 is 1.84. The van der Waals surface area contributed by atoms with Gasteiger partial charge in [-0.05, 0) is 36.3 Å². The molecule has 0 amide bonds. The zero-order chi connectivity index (χ0) is 15.5. The predicted molar refractivity (Wildman–Crippen MR) is 90.7 cm³/mol. The van der Waals surface area contributed by atoms with E-state index in [4.69, 9.17) is 9.47 Å². The van der Waals surface area contributed by atoms with E-state index < -0.39 is 0 Å². The van der Waals surface area contributed by atoms with E-state index in [2.05, 4.69) is 27.4 Å². The highest BCUT2D eigenvalue weighted by Crippen LogP contribution is 2.35. The molecule has 2 aromatic rings. The van der Waals surface area contributed by atoms with Crippen LogP contribution in [0.5, 0.6) is 5.88 Å². The van der Waals surface area contributed by atoms with Crippen LogP contribution >= 0.6 is 11.3 Å². The second kappa shape index (κ2) is 6.99. The van der Waals surface area contributed by atoms with Gasteiger partial charge in [0.2, 0.25) is 5.88 Å². The van der Waals surface area contributed by atoms with Gasteiger partial charge in [-0.2, -0.15) is 0 Å². The molecule has 1 aliphatic heterocycles. The maximum Gasteiger partial charge on any atom is 0.213 e. The van der Waals surface area contributed by atoms with E-state index in [0.29, 0.717) is 18.1 Å². The second-order valence-corrected chi connectivity index (χ2v) is 7.38. The van der Waals surface area contributed by atoms with Crippen molar-refractivity contribution >= 4 is 11.3 Å². The van der Waals surface area contributed by atoms with Crippen LogP contribution in [0, 0.1) is 5.92 Å². The minimum Gasteiger partial charge on any atom is -0.477 e. The molecule has 1 saturated heterocycles. The summed E-state index contributed by atoms with van der Waals surface area (Å²) in [5.74, 6) is 1.27. The van der Waals surface area contributed by atoms with Gasteiger partial charge in [0, 0.05) is 36.3 Å². The molecule has 2 aliphatic rings. The molecule has 3 heterocycles. The Morgan fingerprint density at radius 3 is 3.09 bits per heavy atom. The molecule has 0 radical (unpaired) electrons. The Kier molecular flexibility index (Phi) is 4.60. The number of pyridine rings is 1. The molecule has 1 saturated carbocycles. The smallest absolute Gasteiger partial charge is 0.213 e. The molecule has 0 bridgehead atoms. The summed E-state index contributed by atoms with van der Waals surface area (Å²) in [5, 5.41) is 2.16. The minimum atomic E-state index is 0.362. The van der Waals surface area contributed by atoms with Crippen LogP contribution in [0.15, 0.2) is 41.9 Å². The lowest BCUT2D eigenvalue weighted by Crippen LogP contribution is -2.47. The molecule has 0 N–H and O–H groups in total. The summed E-state index contributed by atoms with van der Waals surface area (Å²) in [4.78, 5) is 8.27. The van der Waals surface area contributed by atoms with Gasteiger partial charge in [0.05, 0.1) is 19.3 Å². The summed E-state index contributed by atoms with van der Waals surface area (Å²) < 4.78 is 11.9. The van der Waals surface area contributed by atoms with Crippen molar-refractivity contribution in [1.82, 2.24) is 9.88 Å². The summed E-state index contributed by atoms with van der Waals surface area (Å²) in [6, 6.07) is 10.7. The molecule has 122 valence electrons. The van der Waals surface area contributed by atoms with Crippen molar-refractivity contribution < 1.29 is 9.47 Å². The Labute approximate surface area is 141 Å². The molecule has 3 atom stereocenters. The monoisotopic (exact) mass is 330 g/mol. The van der Waals surface area contributed by atoms with Crippen LogP contribution < -0.4 is 4.74 Å². The maximum atomic E-state index is 6.02. The van der Waals surface area contributed by atoms with Crippen LogP contribution in [-0.4, -0.2) is 41.8 Å². The zero-order valence-corrected chi connectivity index (χ0v) is 14.0. The van der Waals surface area contributed by atoms with Crippen LogP contribution in [0.3, 0.4) is 0 Å². The molecule has 4 nitrogen and oxygen atoms in total. The van der Waals surface area contributed by atoms with Gasteiger partial charge in [0.25, 0.3) is 0 Å². The van der Waals surface area contributed by atoms with Gasteiger partial charge < -0.3 is 9.47 Å². The van der Waals surface area contributed by atoms with Gasteiger partial charge in [-0.3, -0.25) is 4.90 Å². The van der Waals surface area contributed by atoms with Gasteiger partial charge in [-0.1, -0.05) is 12.1 Å². The van der Waals surface area contributed by atoms with Gasteiger partial charge >= 0.3 is 0 Å². The number of nitrogens with zero attached hydrogens (tertiary/aromatic N) is 2. The third-order valence-corrected chi connectivity index (χ3v) is 5.65. The number of thiophene rings is 1. The highest BCUT2D eigenvalue weighted by molar-refractivity contribution is 7.09. The van der Waals surface area contributed by atoms with Gasteiger partial charge in [0.15, 0.2) is 0 Å². The average molecular weight is 330 g/mol. The van der Waals surface area contributed by atoms with Crippen molar-refractivity contribution in [2.75, 3.05) is 19.8 Å². The fourth-order valence-corrected chi connectivity index (χ4v) is 4.43. The summed E-state index contributed by atoms with van der Waals surface area (Å²) in [7, 11) is 0. The van der Waals surface area contributed by atoms with Crippen molar-refractivity contribution in [2.45, 2.75) is 31.5 Å². The van der Waals surface area contributed by atoms with Crippen molar-refractivity contribution in [3.8, 4) is 5.88 Å².